The number of rotatable bonds is 5. The normalized spacial score (nSPS) is 11.8. The molecule has 0 saturated carbocycles. The van der Waals surface area contributed by atoms with Gasteiger partial charge in [0.2, 0.25) is 0 Å². The molecule has 2 rings (SSSR count). The number of ether oxygens (including phenoxy) is 1. The molecule has 0 radical (unpaired) electrons. The first kappa shape index (κ1) is 13.5. The average molecular weight is 274 g/mol. The lowest BCUT2D eigenvalue weighted by atomic mass is 10.0. The van der Waals surface area contributed by atoms with Gasteiger partial charge in [-0.05, 0) is 11.6 Å². The van der Waals surface area contributed by atoms with Gasteiger partial charge in [0.05, 0.1) is 13.0 Å². The second-order valence-corrected chi connectivity index (χ2v) is 4.82. The molecule has 1 atom stereocenters. The van der Waals surface area contributed by atoms with Crippen molar-refractivity contribution in [3.63, 3.8) is 0 Å². The van der Waals surface area contributed by atoms with Crippen LogP contribution in [0.1, 0.15) is 11.5 Å². The van der Waals surface area contributed by atoms with Gasteiger partial charge in [0.15, 0.2) is 5.16 Å². The number of aromatic nitrogens is 2. The highest BCUT2D eigenvalue weighted by Crippen LogP contribution is 2.25. The third kappa shape index (κ3) is 3.79. The van der Waals surface area contributed by atoms with Gasteiger partial charge in [-0.15, -0.1) is 0 Å². The summed E-state index contributed by atoms with van der Waals surface area (Å²) in [6.45, 7) is 0. The van der Waals surface area contributed by atoms with Crippen LogP contribution >= 0.6 is 11.8 Å². The highest BCUT2D eigenvalue weighted by molar-refractivity contribution is 7.99. The summed E-state index contributed by atoms with van der Waals surface area (Å²) in [7, 11) is 1.40. The zero-order chi connectivity index (χ0) is 13.5. The Hall–Kier alpha value is -1.88. The molecule has 0 aliphatic rings. The summed E-state index contributed by atoms with van der Waals surface area (Å²) in [6, 6.07) is 11.4. The molecule has 0 N–H and O–H groups in total. The van der Waals surface area contributed by atoms with E-state index in [1.54, 1.807) is 18.5 Å². The molecule has 1 aromatic heterocycles. The molecule has 1 aromatic carbocycles. The van der Waals surface area contributed by atoms with Gasteiger partial charge in [0.25, 0.3) is 0 Å². The van der Waals surface area contributed by atoms with E-state index < -0.39 is 0 Å². The Labute approximate surface area is 116 Å². The minimum atomic E-state index is -0.306. The van der Waals surface area contributed by atoms with E-state index in [2.05, 4.69) is 9.97 Å². The third-order valence-electron chi connectivity index (χ3n) is 2.61. The van der Waals surface area contributed by atoms with E-state index in [-0.39, 0.29) is 11.9 Å². The molecule has 0 aliphatic carbocycles. The molecule has 1 unspecified atom stereocenters. The predicted octanol–water partition coefficient (Wildman–Crippen LogP) is 2.53. The number of carbonyl (C=O) groups is 1. The lowest BCUT2D eigenvalue weighted by Crippen LogP contribution is -2.16. The van der Waals surface area contributed by atoms with Gasteiger partial charge < -0.3 is 4.74 Å². The predicted molar refractivity (Wildman–Crippen MR) is 74.0 cm³/mol. The second kappa shape index (κ2) is 6.89. The zero-order valence-electron chi connectivity index (χ0n) is 10.5. The Bertz CT molecular complexity index is 519. The molecule has 1 heterocycles. The van der Waals surface area contributed by atoms with Crippen LogP contribution in [0.5, 0.6) is 0 Å². The standard InChI is InChI=1S/C14H14N2O2S/c1-18-13(17)12(11-6-3-2-4-7-11)10-19-14-15-8-5-9-16-14/h2-9,12H,10H2,1H3. The van der Waals surface area contributed by atoms with Crippen LogP contribution in [0.4, 0.5) is 0 Å². The monoisotopic (exact) mass is 274 g/mol. The number of hydrogen-bond donors (Lipinski definition) is 0. The fourth-order valence-electron chi connectivity index (χ4n) is 1.65. The quantitative estimate of drug-likeness (QED) is 0.476. The van der Waals surface area contributed by atoms with Crippen LogP contribution in [-0.4, -0.2) is 28.8 Å². The first-order valence-electron chi connectivity index (χ1n) is 5.84. The van der Waals surface area contributed by atoms with E-state index in [1.807, 2.05) is 30.3 Å². The van der Waals surface area contributed by atoms with Crippen LogP contribution in [-0.2, 0) is 9.53 Å². The number of esters is 1. The Morgan fingerprint density at radius 2 is 1.89 bits per heavy atom. The van der Waals surface area contributed by atoms with Gasteiger partial charge in [0.1, 0.15) is 0 Å². The summed E-state index contributed by atoms with van der Waals surface area (Å²) in [4.78, 5) is 20.1. The molecule has 5 heteroatoms. The minimum Gasteiger partial charge on any atom is -0.469 e. The van der Waals surface area contributed by atoms with Crippen LogP contribution in [0.3, 0.4) is 0 Å². The molecule has 0 fully saturated rings. The van der Waals surface area contributed by atoms with Crippen molar-refractivity contribution in [1.29, 1.82) is 0 Å². The molecule has 2 aromatic rings. The molecular weight excluding hydrogens is 260 g/mol. The lowest BCUT2D eigenvalue weighted by molar-refractivity contribution is -0.141. The van der Waals surface area contributed by atoms with E-state index in [0.717, 1.165) is 5.56 Å². The summed E-state index contributed by atoms with van der Waals surface area (Å²) in [5.41, 5.74) is 0.942. The molecule has 0 amide bonds. The maximum Gasteiger partial charge on any atom is 0.313 e. The van der Waals surface area contributed by atoms with Crippen LogP contribution < -0.4 is 0 Å². The molecule has 98 valence electrons. The van der Waals surface area contributed by atoms with Crippen molar-refractivity contribution in [2.45, 2.75) is 11.1 Å². The summed E-state index contributed by atoms with van der Waals surface area (Å²) in [5.74, 6) is 0.00962. The molecular formula is C14H14N2O2S. The van der Waals surface area contributed by atoms with Crippen LogP contribution in [0, 0.1) is 0 Å². The van der Waals surface area contributed by atoms with Gasteiger partial charge in [-0.25, -0.2) is 9.97 Å². The molecule has 0 bridgehead atoms. The SMILES string of the molecule is COC(=O)C(CSc1ncccn1)c1ccccc1. The Morgan fingerprint density at radius 1 is 1.21 bits per heavy atom. The van der Waals surface area contributed by atoms with Crippen molar-refractivity contribution < 1.29 is 9.53 Å². The van der Waals surface area contributed by atoms with E-state index in [4.69, 9.17) is 4.74 Å². The Balaban J connectivity index is 2.09. The van der Waals surface area contributed by atoms with E-state index in [0.29, 0.717) is 10.9 Å². The number of nitrogens with zero attached hydrogens (tertiary/aromatic N) is 2. The van der Waals surface area contributed by atoms with Crippen molar-refractivity contribution in [3.8, 4) is 0 Å². The van der Waals surface area contributed by atoms with Gasteiger partial charge in [-0.3, -0.25) is 4.79 Å². The third-order valence-corrected chi connectivity index (χ3v) is 3.58. The highest BCUT2D eigenvalue weighted by atomic mass is 32.2. The Morgan fingerprint density at radius 3 is 2.53 bits per heavy atom. The number of hydrogen-bond acceptors (Lipinski definition) is 5. The van der Waals surface area contributed by atoms with Crippen LogP contribution in [0.2, 0.25) is 0 Å². The number of carbonyl (C=O) groups excluding carboxylic acids is 1. The molecule has 0 saturated heterocycles. The maximum atomic E-state index is 11.9. The number of thioether (sulfide) groups is 1. The fraction of sp³-hybridized carbons (Fsp3) is 0.214. The number of methoxy groups -OCH3 is 1. The Kier molecular flexibility index (Phi) is 4.92. The molecule has 4 nitrogen and oxygen atoms in total. The fourth-order valence-corrected chi connectivity index (χ4v) is 2.56. The van der Waals surface area contributed by atoms with Crippen molar-refractivity contribution in [2.75, 3.05) is 12.9 Å². The zero-order valence-corrected chi connectivity index (χ0v) is 11.3. The van der Waals surface area contributed by atoms with E-state index in [9.17, 15) is 4.79 Å². The molecule has 19 heavy (non-hydrogen) atoms. The van der Waals surface area contributed by atoms with Crippen molar-refractivity contribution >= 4 is 17.7 Å². The second-order valence-electron chi connectivity index (χ2n) is 3.83. The first-order valence-corrected chi connectivity index (χ1v) is 6.82. The van der Waals surface area contributed by atoms with Crippen LogP contribution in [0.15, 0.2) is 53.9 Å². The van der Waals surface area contributed by atoms with E-state index in [1.165, 1.54) is 18.9 Å². The van der Waals surface area contributed by atoms with Gasteiger partial charge in [0, 0.05) is 18.1 Å². The minimum absolute atomic E-state index is 0.241. The van der Waals surface area contributed by atoms with E-state index >= 15 is 0 Å². The van der Waals surface area contributed by atoms with Gasteiger partial charge in [-0.1, -0.05) is 42.1 Å². The summed E-state index contributed by atoms with van der Waals surface area (Å²) in [5, 5.41) is 0.660. The van der Waals surface area contributed by atoms with Crippen molar-refractivity contribution in [2.24, 2.45) is 0 Å². The first-order chi connectivity index (χ1) is 9.31. The summed E-state index contributed by atoms with van der Waals surface area (Å²) >= 11 is 1.44. The smallest absolute Gasteiger partial charge is 0.313 e. The topological polar surface area (TPSA) is 52.1 Å². The molecule has 0 aliphatic heterocycles. The van der Waals surface area contributed by atoms with Crippen LogP contribution in [0.25, 0.3) is 0 Å². The number of benzene rings is 1. The maximum absolute atomic E-state index is 11.9. The van der Waals surface area contributed by atoms with Crippen molar-refractivity contribution in [3.05, 3.63) is 54.4 Å². The lowest BCUT2D eigenvalue weighted by Gasteiger charge is -2.13. The highest BCUT2D eigenvalue weighted by Gasteiger charge is 2.21. The molecule has 0 spiro atoms. The average Bonchev–Trinajstić information content (AvgIpc) is 2.49. The largest absolute Gasteiger partial charge is 0.469 e. The summed E-state index contributed by atoms with van der Waals surface area (Å²) < 4.78 is 4.86. The van der Waals surface area contributed by atoms with Gasteiger partial charge in [-0.2, -0.15) is 0 Å². The summed E-state index contributed by atoms with van der Waals surface area (Å²) in [6.07, 6.45) is 3.37. The van der Waals surface area contributed by atoms with Gasteiger partial charge >= 0.3 is 5.97 Å². The van der Waals surface area contributed by atoms with Crippen molar-refractivity contribution in [1.82, 2.24) is 9.97 Å².